The first-order chi connectivity index (χ1) is 6.41. The van der Waals surface area contributed by atoms with Gasteiger partial charge in [-0.05, 0) is 51.4 Å². The zero-order valence-electron chi connectivity index (χ0n) is 9.71. The summed E-state index contributed by atoms with van der Waals surface area (Å²) in [4.78, 5) is 0. The highest BCUT2D eigenvalue weighted by Gasteiger charge is 2.29. The van der Waals surface area contributed by atoms with Gasteiger partial charge in [-0.1, -0.05) is 6.08 Å². The summed E-state index contributed by atoms with van der Waals surface area (Å²) >= 11 is 0. The third kappa shape index (κ3) is 3.56. The molecule has 0 heterocycles. The molecule has 1 atom stereocenters. The minimum absolute atomic E-state index is 0.197. The van der Waals surface area contributed by atoms with Crippen LogP contribution in [0.3, 0.4) is 0 Å². The third-order valence-corrected chi connectivity index (χ3v) is 4.83. The summed E-state index contributed by atoms with van der Waals surface area (Å²) < 4.78 is 5.93. The van der Waals surface area contributed by atoms with E-state index in [1.165, 1.54) is 5.57 Å². The Morgan fingerprint density at radius 1 is 1.57 bits per heavy atom. The summed E-state index contributed by atoms with van der Waals surface area (Å²) in [6.07, 6.45) is 4.22. The van der Waals surface area contributed by atoms with Crippen molar-refractivity contribution in [1.29, 1.82) is 0 Å². The lowest BCUT2D eigenvalue weighted by Crippen LogP contribution is -2.34. The van der Waals surface area contributed by atoms with Crippen LogP contribution in [0.25, 0.3) is 0 Å². The first kappa shape index (κ1) is 11.9. The molecule has 0 radical (unpaired) electrons. The first-order valence-electron chi connectivity index (χ1n) is 5.45. The van der Waals surface area contributed by atoms with E-state index in [-0.39, 0.29) is 6.10 Å². The monoisotopic (exact) mass is 214 g/mol. The Labute approximate surface area is 88.1 Å². The van der Waals surface area contributed by atoms with Gasteiger partial charge < -0.3 is 9.53 Å². The van der Waals surface area contributed by atoms with Gasteiger partial charge in [0, 0.05) is 6.10 Å². The van der Waals surface area contributed by atoms with E-state index in [2.05, 4.69) is 33.0 Å². The first-order valence-corrected chi connectivity index (χ1v) is 8.57. The average molecular weight is 214 g/mol. The average Bonchev–Trinajstić information content (AvgIpc) is 2.32. The number of aliphatic hydroxyl groups excluding tert-OH is 1. The Kier molecular flexibility index (Phi) is 3.92. The highest BCUT2D eigenvalue weighted by Crippen LogP contribution is 2.28. The van der Waals surface area contributed by atoms with Crippen molar-refractivity contribution in [2.75, 3.05) is 0 Å². The minimum Gasteiger partial charge on any atom is -0.415 e. The van der Waals surface area contributed by atoms with Crippen LogP contribution in [0, 0.1) is 0 Å². The van der Waals surface area contributed by atoms with Crippen LogP contribution in [-0.4, -0.2) is 25.6 Å². The van der Waals surface area contributed by atoms with Crippen molar-refractivity contribution in [3.63, 3.8) is 0 Å². The van der Waals surface area contributed by atoms with Crippen molar-refractivity contribution in [1.82, 2.24) is 0 Å². The van der Waals surface area contributed by atoms with Gasteiger partial charge in [0.15, 0.2) is 8.32 Å². The molecule has 1 aliphatic carbocycles. The van der Waals surface area contributed by atoms with E-state index in [1.54, 1.807) is 0 Å². The molecule has 0 unspecified atom stereocenters. The molecule has 0 saturated heterocycles. The Balaban J connectivity index is 2.49. The van der Waals surface area contributed by atoms with Crippen LogP contribution >= 0.6 is 0 Å². The largest absolute Gasteiger partial charge is 0.415 e. The summed E-state index contributed by atoms with van der Waals surface area (Å²) in [5.41, 5.74) is 1.21. The number of aliphatic hydroxyl groups is 1. The molecule has 3 heteroatoms. The lowest BCUT2D eigenvalue weighted by molar-refractivity contribution is 0.205. The Hall–Kier alpha value is -0.123. The summed E-state index contributed by atoms with van der Waals surface area (Å²) in [7, 11) is -1.60. The van der Waals surface area contributed by atoms with Crippen molar-refractivity contribution < 1.29 is 9.53 Å². The molecule has 0 spiro atoms. The molecule has 0 bridgehead atoms. The van der Waals surface area contributed by atoms with E-state index in [0.717, 1.165) is 18.9 Å². The number of allylic oxidation sites excluding steroid dienone is 1. The molecule has 0 amide bonds. The fourth-order valence-corrected chi connectivity index (χ4v) is 4.83. The maximum absolute atomic E-state index is 9.68. The zero-order chi connectivity index (χ0) is 10.8. The van der Waals surface area contributed by atoms with Gasteiger partial charge in [0.2, 0.25) is 0 Å². The summed E-state index contributed by atoms with van der Waals surface area (Å²) in [5.74, 6) is 0. The van der Waals surface area contributed by atoms with E-state index >= 15 is 0 Å². The Morgan fingerprint density at radius 2 is 2.21 bits per heavy atom. The highest BCUT2D eigenvalue weighted by molar-refractivity contribution is 6.71. The van der Waals surface area contributed by atoms with Gasteiger partial charge in [0.05, 0.1) is 6.10 Å². The second-order valence-electron chi connectivity index (χ2n) is 4.98. The molecule has 1 rings (SSSR count). The van der Waals surface area contributed by atoms with Crippen LogP contribution in [0.2, 0.25) is 19.1 Å². The van der Waals surface area contributed by atoms with Crippen molar-refractivity contribution >= 4 is 8.32 Å². The standard InChI is InChI=1S/C11H22O2Si/c1-9(2)13-14(3,4)8-10-6-5-7-11(10)12/h6,9,11-12H,5,7-8H2,1-4H3/t11-/m0/s1. The molecule has 1 aliphatic rings. The van der Waals surface area contributed by atoms with E-state index in [1.807, 2.05) is 0 Å². The van der Waals surface area contributed by atoms with E-state index in [4.69, 9.17) is 4.43 Å². The van der Waals surface area contributed by atoms with Crippen LogP contribution in [0.1, 0.15) is 26.7 Å². The molecule has 1 N–H and O–H groups in total. The van der Waals surface area contributed by atoms with Crippen LogP contribution in [0.15, 0.2) is 11.6 Å². The topological polar surface area (TPSA) is 29.5 Å². The smallest absolute Gasteiger partial charge is 0.191 e. The van der Waals surface area contributed by atoms with Gasteiger partial charge in [-0.15, -0.1) is 0 Å². The van der Waals surface area contributed by atoms with Crippen LogP contribution in [-0.2, 0) is 4.43 Å². The number of rotatable bonds is 4. The summed E-state index contributed by atoms with van der Waals surface area (Å²) in [6.45, 7) is 8.60. The molecule has 0 aliphatic heterocycles. The van der Waals surface area contributed by atoms with E-state index in [9.17, 15) is 5.11 Å². The summed E-state index contributed by atoms with van der Waals surface area (Å²) in [6, 6.07) is 0.979. The van der Waals surface area contributed by atoms with Gasteiger partial charge >= 0.3 is 0 Å². The van der Waals surface area contributed by atoms with Crippen LogP contribution in [0.4, 0.5) is 0 Å². The van der Waals surface area contributed by atoms with Gasteiger partial charge in [-0.3, -0.25) is 0 Å². The zero-order valence-corrected chi connectivity index (χ0v) is 10.7. The normalized spacial score (nSPS) is 23.0. The fourth-order valence-electron chi connectivity index (χ4n) is 2.11. The maximum atomic E-state index is 9.68. The Bertz CT molecular complexity index is 221. The molecule has 0 saturated carbocycles. The number of hydrogen-bond donors (Lipinski definition) is 1. The quantitative estimate of drug-likeness (QED) is 0.576. The molecule has 0 aromatic heterocycles. The molecule has 0 aromatic rings. The predicted octanol–water partition coefficient (Wildman–Crippen LogP) is 2.70. The van der Waals surface area contributed by atoms with Crippen LogP contribution < -0.4 is 0 Å². The fraction of sp³-hybridized carbons (Fsp3) is 0.818. The second-order valence-corrected chi connectivity index (χ2v) is 9.08. The molecular formula is C11H22O2Si. The van der Waals surface area contributed by atoms with Crippen molar-refractivity contribution in [3.05, 3.63) is 11.6 Å². The highest BCUT2D eigenvalue weighted by atomic mass is 28.4. The van der Waals surface area contributed by atoms with Gasteiger partial charge in [-0.2, -0.15) is 0 Å². The lowest BCUT2D eigenvalue weighted by Gasteiger charge is -2.27. The third-order valence-electron chi connectivity index (χ3n) is 2.46. The number of hydrogen-bond acceptors (Lipinski definition) is 2. The predicted molar refractivity (Wildman–Crippen MR) is 61.8 cm³/mol. The maximum Gasteiger partial charge on any atom is 0.191 e. The minimum atomic E-state index is -1.60. The second kappa shape index (κ2) is 4.60. The van der Waals surface area contributed by atoms with Gasteiger partial charge in [0.25, 0.3) is 0 Å². The van der Waals surface area contributed by atoms with Crippen molar-refractivity contribution in [3.8, 4) is 0 Å². The Morgan fingerprint density at radius 3 is 2.64 bits per heavy atom. The molecular weight excluding hydrogens is 192 g/mol. The van der Waals surface area contributed by atoms with E-state index < -0.39 is 8.32 Å². The summed E-state index contributed by atoms with van der Waals surface area (Å²) in [5, 5.41) is 9.68. The van der Waals surface area contributed by atoms with Crippen molar-refractivity contribution in [2.24, 2.45) is 0 Å². The molecule has 0 aromatic carbocycles. The van der Waals surface area contributed by atoms with Crippen LogP contribution in [0.5, 0.6) is 0 Å². The van der Waals surface area contributed by atoms with Gasteiger partial charge in [-0.25, -0.2) is 0 Å². The molecule has 2 nitrogen and oxygen atoms in total. The SMILES string of the molecule is CC(C)O[Si](C)(C)CC1=CCC[C@@H]1O. The molecule has 0 fully saturated rings. The van der Waals surface area contributed by atoms with Gasteiger partial charge in [0.1, 0.15) is 0 Å². The van der Waals surface area contributed by atoms with Crippen molar-refractivity contribution in [2.45, 2.75) is 58.0 Å². The van der Waals surface area contributed by atoms with E-state index in [0.29, 0.717) is 6.10 Å². The molecule has 14 heavy (non-hydrogen) atoms. The lowest BCUT2D eigenvalue weighted by atomic mass is 10.2. The molecule has 82 valence electrons.